The van der Waals surface area contributed by atoms with Gasteiger partial charge in [0.25, 0.3) is 0 Å². The summed E-state index contributed by atoms with van der Waals surface area (Å²) in [6, 6.07) is 9.16. The molecule has 0 aliphatic rings. The maximum absolute atomic E-state index is 11.7. The lowest BCUT2D eigenvalue weighted by atomic mass is 10.1. The molecule has 0 bridgehead atoms. The second-order valence-corrected chi connectivity index (χ2v) is 5.77. The highest BCUT2D eigenvalue weighted by Gasteiger charge is 2.32. The lowest BCUT2D eigenvalue weighted by Crippen LogP contribution is -2.35. The van der Waals surface area contributed by atoms with Gasteiger partial charge in [-0.1, -0.05) is 30.3 Å². The van der Waals surface area contributed by atoms with Gasteiger partial charge in [-0.3, -0.25) is 9.36 Å². The highest BCUT2D eigenvalue weighted by molar-refractivity contribution is 7.53. The van der Waals surface area contributed by atoms with Crippen molar-refractivity contribution in [1.29, 1.82) is 0 Å². The number of rotatable bonds is 5. The third-order valence-corrected chi connectivity index (χ3v) is 3.92. The van der Waals surface area contributed by atoms with Crippen LogP contribution >= 0.6 is 7.60 Å². The van der Waals surface area contributed by atoms with E-state index in [-0.39, 0.29) is 12.3 Å². The summed E-state index contributed by atoms with van der Waals surface area (Å²) in [6.45, 7) is 1.30. The van der Waals surface area contributed by atoms with Crippen LogP contribution in [0.15, 0.2) is 30.3 Å². The summed E-state index contributed by atoms with van der Waals surface area (Å²) in [5.74, 6) is -1.29. The van der Waals surface area contributed by atoms with Crippen LogP contribution in [0, 0.1) is 0 Å². The Labute approximate surface area is 100 Å². The number of hydrogen-bond acceptors (Lipinski definition) is 3. The van der Waals surface area contributed by atoms with E-state index in [1.807, 2.05) is 30.3 Å². The molecule has 0 heterocycles. The Kier molecular flexibility index (Phi) is 4.87. The number of carbonyl (C=O) groups excluding carboxylic acids is 1. The number of nitrogens with one attached hydrogen (secondary N) is 1. The molecule has 0 fully saturated rings. The van der Waals surface area contributed by atoms with E-state index < -0.39 is 13.4 Å². The van der Waals surface area contributed by atoms with Crippen LogP contribution in [0.25, 0.3) is 0 Å². The van der Waals surface area contributed by atoms with E-state index in [0.29, 0.717) is 0 Å². The molecule has 0 spiro atoms. The predicted octanol–water partition coefficient (Wildman–Crippen LogP) is 1.52. The molecular weight excluding hydrogens is 241 g/mol. The molecule has 1 aromatic rings. The summed E-state index contributed by atoms with van der Waals surface area (Å²) in [6.07, 6.45) is 0.252. The number of benzene rings is 1. The van der Waals surface area contributed by atoms with Gasteiger partial charge in [0.1, 0.15) is 5.78 Å². The molecule has 1 amide bonds. The molecule has 1 aromatic carbocycles. The van der Waals surface area contributed by atoms with Crippen molar-refractivity contribution in [3.05, 3.63) is 35.9 Å². The van der Waals surface area contributed by atoms with Gasteiger partial charge in [0.15, 0.2) is 0 Å². The number of hydrogen-bond donors (Lipinski definition) is 2. The average molecular weight is 257 g/mol. The van der Waals surface area contributed by atoms with Gasteiger partial charge in [0.2, 0.25) is 5.91 Å². The molecule has 2 N–H and O–H groups in total. The minimum atomic E-state index is -3.83. The molecule has 0 saturated heterocycles. The van der Waals surface area contributed by atoms with E-state index in [0.717, 1.165) is 12.7 Å². The van der Waals surface area contributed by atoms with Gasteiger partial charge in [-0.15, -0.1) is 0 Å². The van der Waals surface area contributed by atoms with Crippen LogP contribution in [-0.2, 0) is 20.3 Å². The molecule has 17 heavy (non-hydrogen) atoms. The quantitative estimate of drug-likeness (QED) is 0.784. The zero-order valence-corrected chi connectivity index (χ0v) is 10.7. The molecule has 0 radical (unpaired) electrons. The van der Waals surface area contributed by atoms with Crippen LogP contribution in [0.1, 0.15) is 12.5 Å². The Morgan fingerprint density at radius 2 is 2.06 bits per heavy atom. The monoisotopic (exact) mass is 257 g/mol. The van der Waals surface area contributed by atoms with Gasteiger partial charge in [0, 0.05) is 20.5 Å². The Morgan fingerprint density at radius 1 is 1.47 bits per heavy atom. The van der Waals surface area contributed by atoms with Crippen molar-refractivity contribution >= 4 is 13.5 Å². The molecule has 5 nitrogen and oxygen atoms in total. The molecule has 0 aromatic heterocycles. The first kappa shape index (κ1) is 13.9. The number of amides is 1. The second kappa shape index (κ2) is 5.96. The molecule has 1 rings (SSSR count). The lowest BCUT2D eigenvalue weighted by Gasteiger charge is -2.21. The fourth-order valence-corrected chi connectivity index (χ4v) is 2.49. The summed E-state index contributed by atoms with van der Waals surface area (Å²) in [5, 5.41) is 2.44. The molecule has 6 heteroatoms. The molecule has 94 valence electrons. The topological polar surface area (TPSA) is 75.6 Å². The second-order valence-electron chi connectivity index (χ2n) is 3.65. The molecular formula is C11H16NO4P. The smallest absolute Gasteiger partial charge is 0.342 e. The Balaban J connectivity index is 2.85. The number of carbonyl (C=O) groups is 1. The van der Waals surface area contributed by atoms with Crippen LogP contribution in [0.5, 0.6) is 0 Å². The molecule has 2 unspecified atom stereocenters. The van der Waals surface area contributed by atoms with Gasteiger partial charge in [0.05, 0.1) is 0 Å². The fourth-order valence-electron chi connectivity index (χ4n) is 1.45. The van der Waals surface area contributed by atoms with Crippen LogP contribution in [-0.4, -0.2) is 23.7 Å². The third kappa shape index (κ3) is 4.30. The zero-order chi connectivity index (χ0) is 12.9. The maximum Gasteiger partial charge on any atom is 0.350 e. The summed E-state index contributed by atoms with van der Waals surface area (Å²) in [4.78, 5) is 20.6. The largest absolute Gasteiger partial charge is 0.350 e. The Bertz CT molecular complexity index is 421. The molecule has 0 aliphatic heterocycles. The first-order valence-corrected chi connectivity index (χ1v) is 6.79. The van der Waals surface area contributed by atoms with Crippen molar-refractivity contribution in [2.24, 2.45) is 0 Å². The van der Waals surface area contributed by atoms with Crippen molar-refractivity contribution in [3.8, 4) is 0 Å². The third-order valence-electron chi connectivity index (χ3n) is 2.30. The van der Waals surface area contributed by atoms with Crippen molar-refractivity contribution in [2.75, 3.05) is 7.11 Å². The maximum atomic E-state index is 11.7. The summed E-state index contributed by atoms with van der Waals surface area (Å²) in [7, 11) is -2.68. The van der Waals surface area contributed by atoms with E-state index in [4.69, 9.17) is 0 Å². The first-order valence-electron chi connectivity index (χ1n) is 5.15. The van der Waals surface area contributed by atoms with Gasteiger partial charge in [-0.2, -0.15) is 0 Å². The van der Waals surface area contributed by atoms with Crippen molar-refractivity contribution < 1.29 is 18.8 Å². The highest BCUT2D eigenvalue weighted by Crippen LogP contribution is 2.46. The zero-order valence-electron chi connectivity index (χ0n) is 9.79. The first-order chi connectivity index (χ1) is 7.95. The van der Waals surface area contributed by atoms with E-state index in [2.05, 4.69) is 9.84 Å². The van der Waals surface area contributed by atoms with E-state index in [1.54, 1.807) is 0 Å². The fraction of sp³-hybridized carbons (Fsp3) is 0.364. The van der Waals surface area contributed by atoms with Crippen molar-refractivity contribution in [1.82, 2.24) is 5.32 Å². The van der Waals surface area contributed by atoms with Gasteiger partial charge >= 0.3 is 7.60 Å². The summed E-state index contributed by atoms with van der Waals surface area (Å²) >= 11 is 0. The van der Waals surface area contributed by atoms with E-state index in [9.17, 15) is 14.3 Å². The van der Waals surface area contributed by atoms with Crippen LogP contribution in [0.3, 0.4) is 0 Å². The molecule has 0 aliphatic carbocycles. The SMILES string of the molecule is COP(=O)(O)C(Cc1ccccc1)NC(C)=O. The van der Waals surface area contributed by atoms with E-state index >= 15 is 0 Å². The average Bonchev–Trinajstić information content (AvgIpc) is 2.29. The molecule has 2 atom stereocenters. The van der Waals surface area contributed by atoms with Gasteiger partial charge in [-0.05, 0) is 5.56 Å². The Hall–Kier alpha value is -1.16. The van der Waals surface area contributed by atoms with E-state index in [1.165, 1.54) is 6.92 Å². The van der Waals surface area contributed by atoms with Crippen molar-refractivity contribution in [2.45, 2.75) is 19.1 Å². The summed E-state index contributed by atoms with van der Waals surface area (Å²) in [5.41, 5.74) is 0.859. The van der Waals surface area contributed by atoms with Crippen molar-refractivity contribution in [3.63, 3.8) is 0 Å². The minimum absolute atomic E-state index is 0.252. The highest BCUT2D eigenvalue weighted by atomic mass is 31.2. The lowest BCUT2D eigenvalue weighted by molar-refractivity contribution is -0.119. The normalized spacial score (nSPS) is 15.9. The van der Waals surface area contributed by atoms with Gasteiger partial charge in [-0.25, -0.2) is 0 Å². The minimum Gasteiger partial charge on any atom is -0.342 e. The van der Waals surface area contributed by atoms with Gasteiger partial charge < -0.3 is 14.7 Å². The van der Waals surface area contributed by atoms with Crippen LogP contribution in [0.4, 0.5) is 0 Å². The van der Waals surface area contributed by atoms with Crippen LogP contribution < -0.4 is 5.32 Å². The summed E-state index contributed by atoms with van der Waals surface area (Å²) < 4.78 is 16.3. The van der Waals surface area contributed by atoms with Crippen LogP contribution in [0.2, 0.25) is 0 Å². The predicted molar refractivity (Wildman–Crippen MR) is 64.6 cm³/mol. The molecule has 0 saturated carbocycles. The standard InChI is InChI=1S/C11H16NO4P/c1-9(13)12-11(17(14,15)16-2)8-10-6-4-3-5-7-10/h3-7,11H,8H2,1-2H3,(H,12,13)(H,14,15). The Morgan fingerprint density at radius 3 is 2.53 bits per heavy atom.